The number of nitrogens with one attached hydrogen (secondary N) is 2. The van der Waals surface area contributed by atoms with Crippen molar-refractivity contribution < 1.29 is 19.1 Å². The molecule has 28 heavy (non-hydrogen) atoms. The lowest BCUT2D eigenvalue weighted by Gasteiger charge is -2.32. The first-order valence-electron chi connectivity index (χ1n) is 9.73. The fraction of sp³-hybridized carbons (Fsp3) is 0.571. The number of rotatable bonds is 5. The molecular weight excluding hydrogens is 358 g/mol. The highest BCUT2D eigenvalue weighted by atomic mass is 16.6. The number of benzene rings is 1. The van der Waals surface area contributed by atoms with Gasteiger partial charge in [0.15, 0.2) is 0 Å². The van der Waals surface area contributed by atoms with Crippen molar-refractivity contribution >= 4 is 17.9 Å². The van der Waals surface area contributed by atoms with Crippen LogP contribution in [0.4, 0.5) is 4.79 Å². The van der Waals surface area contributed by atoms with Gasteiger partial charge >= 0.3 is 6.09 Å². The molecule has 1 heterocycles. The molecule has 1 aliphatic rings. The Morgan fingerprint density at radius 2 is 1.82 bits per heavy atom. The van der Waals surface area contributed by atoms with Crippen LogP contribution < -0.4 is 10.6 Å². The first-order valence-corrected chi connectivity index (χ1v) is 9.73. The highest BCUT2D eigenvalue weighted by molar-refractivity contribution is 5.94. The van der Waals surface area contributed by atoms with Crippen molar-refractivity contribution in [3.63, 3.8) is 0 Å². The van der Waals surface area contributed by atoms with Gasteiger partial charge in [-0.2, -0.15) is 0 Å². The summed E-state index contributed by atoms with van der Waals surface area (Å²) in [6, 6.07) is 7.51. The van der Waals surface area contributed by atoms with Gasteiger partial charge in [0.25, 0.3) is 5.91 Å². The summed E-state index contributed by atoms with van der Waals surface area (Å²) in [6.07, 6.45) is 1.06. The van der Waals surface area contributed by atoms with E-state index in [9.17, 15) is 14.4 Å². The Morgan fingerprint density at radius 1 is 1.14 bits per heavy atom. The molecule has 1 fully saturated rings. The van der Waals surface area contributed by atoms with Crippen LogP contribution >= 0.6 is 0 Å². The molecule has 0 aromatic heterocycles. The largest absolute Gasteiger partial charge is 0.444 e. The van der Waals surface area contributed by atoms with Gasteiger partial charge in [-0.05, 0) is 58.6 Å². The molecule has 1 saturated heterocycles. The second-order valence-corrected chi connectivity index (χ2v) is 8.26. The molecule has 0 radical (unpaired) electrons. The number of hydrogen-bond acceptors (Lipinski definition) is 4. The molecule has 1 aromatic carbocycles. The lowest BCUT2D eigenvalue weighted by atomic mass is 9.96. The zero-order chi connectivity index (χ0) is 20.7. The van der Waals surface area contributed by atoms with E-state index in [1.165, 1.54) is 0 Å². The molecule has 2 rings (SSSR count). The maximum atomic E-state index is 12.2. The maximum Gasteiger partial charge on any atom is 0.408 e. The van der Waals surface area contributed by atoms with Crippen molar-refractivity contribution in [2.24, 2.45) is 5.92 Å². The number of carbonyl (C=O) groups excluding carboxylic acids is 3. The van der Waals surface area contributed by atoms with E-state index in [-0.39, 0.29) is 18.4 Å². The average molecular weight is 389 g/mol. The molecule has 7 nitrogen and oxygen atoms in total. The molecule has 0 aliphatic carbocycles. The summed E-state index contributed by atoms with van der Waals surface area (Å²) in [4.78, 5) is 37.9. The smallest absolute Gasteiger partial charge is 0.408 e. The third kappa shape index (κ3) is 7.21. The predicted octanol–water partition coefficient (Wildman–Crippen LogP) is 2.49. The first-order chi connectivity index (χ1) is 13.1. The summed E-state index contributed by atoms with van der Waals surface area (Å²) >= 11 is 0. The Morgan fingerprint density at radius 3 is 2.43 bits per heavy atom. The van der Waals surface area contributed by atoms with E-state index < -0.39 is 11.7 Å². The van der Waals surface area contributed by atoms with Crippen LogP contribution in [-0.4, -0.2) is 54.6 Å². The molecule has 0 spiro atoms. The van der Waals surface area contributed by atoms with Gasteiger partial charge in [-0.1, -0.05) is 17.7 Å². The lowest BCUT2D eigenvalue weighted by molar-refractivity contribution is -0.131. The number of hydrogen-bond donors (Lipinski definition) is 2. The molecule has 0 bridgehead atoms. The minimum Gasteiger partial charge on any atom is -0.444 e. The molecule has 1 aliphatic heterocycles. The molecule has 2 N–H and O–H groups in total. The number of alkyl carbamates (subject to hydrolysis) is 1. The van der Waals surface area contributed by atoms with Crippen LogP contribution in [0.15, 0.2) is 24.3 Å². The van der Waals surface area contributed by atoms with Crippen molar-refractivity contribution in [2.75, 3.05) is 26.2 Å². The fourth-order valence-electron chi connectivity index (χ4n) is 3.09. The molecule has 0 unspecified atom stereocenters. The van der Waals surface area contributed by atoms with E-state index in [0.717, 1.165) is 18.4 Å². The van der Waals surface area contributed by atoms with E-state index in [4.69, 9.17) is 4.74 Å². The first kappa shape index (κ1) is 21.7. The highest BCUT2D eigenvalue weighted by Crippen LogP contribution is 2.17. The number of amides is 3. The van der Waals surface area contributed by atoms with Crippen LogP contribution in [0.25, 0.3) is 0 Å². The summed E-state index contributed by atoms with van der Waals surface area (Å²) in [6.45, 7) is 9.07. The van der Waals surface area contributed by atoms with Crippen molar-refractivity contribution in [1.82, 2.24) is 15.5 Å². The van der Waals surface area contributed by atoms with E-state index in [2.05, 4.69) is 10.6 Å². The van der Waals surface area contributed by atoms with Crippen molar-refractivity contribution in [2.45, 2.75) is 46.1 Å². The van der Waals surface area contributed by atoms with Gasteiger partial charge in [0.1, 0.15) is 12.1 Å². The van der Waals surface area contributed by atoms with Crippen molar-refractivity contribution in [3.05, 3.63) is 35.4 Å². The quantitative estimate of drug-likeness (QED) is 0.810. The van der Waals surface area contributed by atoms with E-state index in [0.29, 0.717) is 31.1 Å². The van der Waals surface area contributed by atoms with Gasteiger partial charge in [0, 0.05) is 25.2 Å². The third-order valence-corrected chi connectivity index (χ3v) is 4.58. The molecular formula is C21H31N3O4. The Labute approximate surface area is 166 Å². The summed E-state index contributed by atoms with van der Waals surface area (Å²) in [5.74, 6) is 0.161. The number of nitrogens with zero attached hydrogens (tertiary/aromatic N) is 1. The van der Waals surface area contributed by atoms with Crippen LogP contribution in [0.3, 0.4) is 0 Å². The molecule has 0 saturated carbocycles. The summed E-state index contributed by atoms with van der Waals surface area (Å²) < 4.78 is 5.13. The Hall–Kier alpha value is -2.57. The monoisotopic (exact) mass is 389 g/mol. The Bertz CT molecular complexity index is 704. The number of likely N-dealkylation sites (tertiary alicyclic amines) is 1. The number of carbonyl (C=O) groups is 3. The van der Waals surface area contributed by atoms with Crippen molar-refractivity contribution in [1.29, 1.82) is 0 Å². The number of aryl methyl sites for hydroxylation is 1. The van der Waals surface area contributed by atoms with Gasteiger partial charge in [-0.3, -0.25) is 9.59 Å². The molecule has 3 amide bonds. The molecule has 1 aromatic rings. The van der Waals surface area contributed by atoms with Crippen LogP contribution in [0.1, 0.15) is 49.5 Å². The number of ether oxygens (including phenoxy) is 1. The fourth-order valence-corrected chi connectivity index (χ4v) is 3.09. The van der Waals surface area contributed by atoms with Gasteiger partial charge in [0.2, 0.25) is 5.91 Å². The topological polar surface area (TPSA) is 87.7 Å². The Balaban J connectivity index is 1.68. The lowest BCUT2D eigenvalue weighted by Crippen LogP contribution is -2.46. The van der Waals surface area contributed by atoms with Crippen LogP contribution in [-0.2, 0) is 9.53 Å². The van der Waals surface area contributed by atoms with E-state index in [1.807, 2.05) is 25.1 Å². The highest BCUT2D eigenvalue weighted by Gasteiger charge is 2.24. The normalized spacial score (nSPS) is 15.1. The third-order valence-electron chi connectivity index (χ3n) is 4.58. The van der Waals surface area contributed by atoms with E-state index in [1.54, 1.807) is 31.7 Å². The van der Waals surface area contributed by atoms with Crippen LogP contribution in [0.2, 0.25) is 0 Å². The summed E-state index contributed by atoms with van der Waals surface area (Å²) in [7, 11) is 0. The second-order valence-electron chi connectivity index (χ2n) is 8.26. The maximum absolute atomic E-state index is 12.2. The Kier molecular flexibility index (Phi) is 7.43. The standard InChI is InChI=1S/C21H31N3O4/c1-15-6-5-7-17(12-15)19(26)22-13-16-8-10-24(11-9-16)18(25)14-23-20(27)28-21(2,3)4/h5-7,12,16H,8-11,13-14H2,1-4H3,(H,22,26)(H,23,27). The second kappa shape index (κ2) is 9.57. The minimum absolute atomic E-state index is 0.0658. The van der Waals surface area contributed by atoms with Gasteiger partial charge < -0.3 is 20.3 Å². The zero-order valence-electron chi connectivity index (χ0n) is 17.2. The summed E-state index contributed by atoms with van der Waals surface area (Å²) in [5.41, 5.74) is 1.13. The van der Waals surface area contributed by atoms with E-state index >= 15 is 0 Å². The summed E-state index contributed by atoms with van der Waals surface area (Å²) in [5, 5.41) is 5.49. The minimum atomic E-state index is -0.589. The predicted molar refractivity (Wildman–Crippen MR) is 107 cm³/mol. The van der Waals surface area contributed by atoms with Gasteiger partial charge in [-0.15, -0.1) is 0 Å². The molecule has 7 heteroatoms. The van der Waals surface area contributed by atoms with Gasteiger partial charge in [0.05, 0.1) is 0 Å². The SMILES string of the molecule is Cc1cccc(C(=O)NCC2CCN(C(=O)CNC(=O)OC(C)(C)C)CC2)c1. The average Bonchev–Trinajstić information content (AvgIpc) is 2.63. The zero-order valence-corrected chi connectivity index (χ0v) is 17.2. The van der Waals surface area contributed by atoms with Gasteiger partial charge in [-0.25, -0.2) is 4.79 Å². The molecule has 0 atom stereocenters. The molecule has 154 valence electrons. The van der Waals surface area contributed by atoms with Crippen molar-refractivity contribution in [3.8, 4) is 0 Å². The van der Waals surface area contributed by atoms with Crippen LogP contribution in [0, 0.1) is 12.8 Å². The van der Waals surface area contributed by atoms with Crippen LogP contribution in [0.5, 0.6) is 0 Å². The number of piperidine rings is 1.